The molecule has 3 N–H and O–H groups in total. The second kappa shape index (κ2) is 3.95. The first-order valence-electron chi connectivity index (χ1n) is 4.45. The molecule has 2 rings (SSSR count). The molecule has 0 fully saturated rings. The minimum atomic E-state index is -3.72. The zero-order valence-electron chi connectivity index (χ0n) is 8.24. The summed E-state index contributed by atoms with van der Waals surface area (Å²) in [6.07, 6.45) is 3.46. The third kappa shape index (κ3) is 2.59. The molecule has 0 aliphatic heterocycles. The topological polar surface area (TPSA) is 90.0 Å². The van der Waals surface area contributed by atoms with Gasteiger partial charge in [0, 0.05) is 18.1 Å². The molecule has 6 nitrogen and oxygen atoms in total. The van der Waals surface area contributed by atoms with E-state index in [-0.39, 0.29) is 0 Å². The number of aromatic nitrogens is 2. The van der Waals surface area contributed by atoms with Crippen molar-refractivity contribution in [3.05, 3.63) is 42.7 Å². The fourth-order valence-electron chi connectivity index (χ4n) is 1.27. The summed E-state index contributed by atoms with van der Waals surface area (Å²) in [6, 6.07) is 8.50. The Morgan fingerprint density at radius 1 is 1.25 bits per heavy atom. The quantitative estimate of drug-likeness (QED) is 0.815. The van der Waals surface area contributed by atoms with Crippen molar-refractivity contribution in [2.45, 2.75) is 0 Å². The van der Waals surface area contributed by atoms with Gasteiger partial charge in [0.15, 0.2) is 0 Å². The molecule has 1 aromatic carbocycles. The average Bonchev–Trinajstić information content (AvgIpc) is 2.69. The van der Waals surface area contributed by atoms with Crippen LogP contribution in [0.5, 0.6) is 0 Å². The minimum Gasteiger partial charge on any atom is -0.271 e. The summed E-state index contributed by atoms with van der Waals surface area (Å²) in [4.78, 5) is 0. The molecule has 1 heterocycles. The van der Waals surface area contributed by atoms with Crippen LogP contribution in [-0.2, 0) is 10.2 Å². The first-order valence-corrected chi connectivity index (χ1v) is 6.00. The predicted octanol–water partition coefficient (Wildman–Crippen LogP) is 0.488. The fraction of sp³-hybridized carbons (Fsp3) is 0. The maximum Gasteiger partial charge on any atom is 0.296 e. The largest absolute Gasteiger partial charge is 0.296 e. The highest BCUT2D eigenvalue weighted by atomic mass is 32.2. The molecule has 0 atom stereocenters. The average molecular weight is 238 g/mol. The molecule has 0 spiro atoms. The van der Waals surface area contributed by atoms with Crippen molar-refractivity contribution in [1.29, 1.82) is 0 Å². The highest BCUT2D eigenvalue weighted by molar-refractivity contribution is 7.90. The molecular weight excluding hydrogens is 228 g/mol. The Morgan fingerprint density at radius 2 is 1.94 bits per heavy atom. The van der Waals surface area contributed by atoms with Crippen molar-refractivity contribution in [2.75, 3.05) is 4.72 Å². The molecule has 0 saturated heterocycles. The number of hydrogen-bond acceptors (Lipinski definition) is 3. The van der Waals surface area contributed by atoms with E-state index in [1.54, 1.807) is 47.4 Å². The van der Waals surface area contributed by atoms with Crippen LogP contribution in [0.4, 0.5) is 5.69 Å². The maximum atomic E-state index is 10.8. The molecule has 0 aliphatic carbocycles. The molecule has 0 saturated carbocycles. The molecule has 0 unspecified atom stereocenters. The zero-order valence-corrected chi connectivity index (χ0v) is 9.05. The first-order chi connectivity index (χ1) is 7.54. The summed E-state index contributed by atoms with van der Waals surface area (Å²) < 4.78 is 25.4. The second-order valence-corrected chi connectivity index (χ2v) is 4.44. The summed E-state index contributed by atoms with van der Waals surface area (Å²) in [7, 11) is -3.72. The highest BCUT2D eigenvalue weighted by Gasteiger charge is 2.02. The van der Waals surface area contributed by atoms with Gasteiger partial charge < -0.3 is 0 Å². The van der Waals surface area contributed by atoms with Crippen LogP contribution in [0.1, 0.15) is 0 Å². The van der Waals surface area contributed by atoms with Gasteiger partial charge in [-0.3, -0.25) is 4.72 Å². The lowest BCUT2D eigenvalue weighted by molar-refractivity contribution is 0.603. The lowest BCUT2D eigenvalue weighted by atomic mass is 10.3. The third-order valence-corrected chi connectivity index (χ3v) is 2.42. The van der Waals surface area contributed by atoms with Crippen molar-refractivity contribution in [1.82, 2.24) is 9.78 Å². The fourth-order valence-corrected chi connectivity index (χ4v) is 1.73. The van der Waals surface area contributed by atoms with Crippen LogP contribution < -0.4 is 9.86 Å². The van der Waals surface area contributed by atoms with Gasteiger partial charge in [0.2, 0.25) is 0 Å². The van der Waals surface area contributed by atoms with Crippen molar-refractivity contribution >= 4 is 15.9 Å². The smallest absolute Gasteiger partial charge is 0.271 e. The number of benzene rings is 1. The van der Waals surface area contributed by atoms with Gasteiger partial charge >= 0.3 is 0 Å². The van der Waals surface area contributed by atoms with Gasteiger partial charge in [0.25, 0.3) is 10.2 Å². The number of hydrogen-bond donors (Lipinski definition) is 2. The van der Waals surface area contributed by atoms with Crippen LogP contribution in [0, 0.1) is 0 Å². The summed E-state index contributed by atoms with van der Waals surface area (Å²) in [5, 5.41) is 8.89. The van der Waals surface area contributed by atoms with E-state index in [2.05, 4.69) is 9.82 Å². The van der Waals surface area contributed by atoms with E-state index in [0.29, 0.717) is 5.69 Å². The van der Waals surface area contributed by atoms with Crippen LogP contribution in [0.3, 0.4) is 0 Å². The van der Waals surface area contributed by atoms with Crippen LogP contribution in [0.15, 0.2) is 42.7 Å². The first kappa shape index (κ1) is 10.7. The summed E-state index contributed by atoms with van der Waals surface area (Å²) in [5.74, 6) is 0. The van der Waals surface area contributed by atoms with E-state index in [1.165, 1.54) is 0 Å². The van der Waals surface area contributed by atoms with Crippen LogP contribution in [0.25, 0.3) is 5.69 Å². The molecule has 2 aromatic rings. The van der Waals surface area contributed by atoms with Gasteiger partial charge in [-0.15, -0.1) is 0 Å². The molecule has 0 radical (unpaired) electrons. The maximum absolute atomic E-state index is 10.8. The Bertz CT molecular complexity index is 560. The molecule has 7 heteroatoms. The zero-order chi connectivity index (χ0) is 11.6. The van der Waals surface area contributed by atoms with Gasteiger partial charge in [-0.1, -0.05) is 0 Å². The number of nitrogens with two attached hydrogens (primary N) is 1. The van der Waals surface area contributed by atoms with Crippen LogP contribution >= 0.6 is 0 Å². The van der Waals surface area contributed by atoms with E-state index in [4.69, 9.17) is 5.14 Å². The lowest BCUT2D eigenvalue weighted by Crippen LogP contribution is -2.21. The van der Waals surface area contributed by atoms with Gasteiger partial charge in [0.1, 0.15) is 0 Å². The number of nitrogens with zero attached hydrogens (tertiary/aromatic N) is 2. The molecule has 1 aromatic heterocycles. The van der Waals surface area contributed by atoms with Crippen molar-refractivity contribution in [3.63, 3.8) is 0 Å². The van der Waals surface area contributed by atoms with Gasteiger partial charge in [-0.05, 0) is 30.3 Å². The number of anilines is 1. The van der Waals surface area contributed by atoms with E-state index in [1.807, 2.05) is 0 Å². The van der Waals surface area contributed by atoms with Crippen LogP contribution in [0.2, 0.25) is 0 Å². The summed E-state index contributed by atoms with van der Waals surface area (Å²) in [6.45, 7) is 0. The molecule has 0 bridgehead atoms. The molecule has 16 heavy (non-hydrogen) atoms. The van der Waals surface area contributed by atoms with Crippen molar-refractivity contribution in [3.8, 4) is 5.69 Å². The Hall–Kier alpha value is -1.86. The Morgan fingerprint density at radius 3 is 2.44 bits per heavy atom. The predicted molar refractivity (Wildman–Crippen MR) is 60.3 cm³/mol. The Balaban J connectivity index is 2.24. The second-order valence-electron chi connectivity index (χ2n) is 3.14. The van der Waals surface area contributed by atoms with Crippen molar-refractivity contribution in [2.24, 2.45) is 5.14 Å². The minimum absolute atomic E-state index is 0.415. The van der Waals surface area contributed by atoms with E-state index in [0.717, 1.165) is 5.69 Å². The van der Waals surface area contributed by atoms with Crippen molar-refractivity contribution < 1.29 is 8.42 Å². The Labute approximate surface area is 92.9 Å². The Kier molecular flexibility index (Phi) is 2.63. The van der Waals surface area contributed by atoms with E-state index >= 15 is 0 Å². The standard InChI is InChI=1S/C9H10N4O2S/c10-16(14,15)12-8-2-4-9(5-3-8)13-7-1-6-11-13/h1-7,12H,(H2,10,14,15). The molecular formula is C9H10N4O2S. The van der Waals surface area contributed by atoms with Crippen LogP contribution in [-0.4, -0.2) is 18.2 Å². The SMILES string of the molecule is NS(=O)(=O)Nc1ccc(-n2cccn2)cc1. The molecule has 84 valence electrons. The highest BCUT2D eigenvalue weighted by Crippen LogP contribution is 2.12. The molecule has 0 amide bonds. The van der Waals surface area contributed by atoms with Gasteiger partial charge in [-0.25, -0.2) is 9.82 Å². The van der Waals surface area contributed by atoms with Gasteiger partial charge in [0.05, 0.1) is 5.69 Å². The van der Waals surface area contributed by atoms with E-state index < -0.39 is 10.2 Å². The third-order valence-electron chi connectivity index (χ3n) is 1.90. The monoisotopic (exact) mass is 238 g/mol. The lowest BCUT2D eigenvalue weighted by Gasteiger charge is -2.05. The normalized spacial score (nSPS) is 11.3. The summed E-state index contributed by atoms with van der Waals surface area (Å²) in [5.41, 5.74) is 1.25. The number of nitrogens with one attached hydrogen (secondary N) is 1. The molecule has 0 aliphatic rings. The van der Waals surface area contributed by atoms with Gasteiger partial charge in [-0.2, -0.15) is 13.5 Å². The van der Waals surface area contributed by atoms with E-state index in [9.17, 15) is 8.42 Å². The summed E-state index contributed by atoms with van der Waals surface area (Å²) >= 11 is 0. The number of rotatable bonds is 3.